The fourth-order valence-electron chi connectivity index (χ4n) is 3.57. The van der Waals surface area contributed by atoms with E-state index in [2.05, 4.69) is 5.32 Å². The van der Waals surface area contributed by atoms with Crippen molar-refractivity contribution in [3.8, 4) is 5.69 Å². The number of nitrogens with one attached hydrogen (secondary N) is 1. The van der Waals surface area contributed by atoms with Gasteiger partial charge in [-0.1, -0.05) is 43.3 Å². The first-order valence-corrected chi connectivity index (χ1v) is 10.6. The van der Waals surface area contributed by atoms with Crippen molar-refractivity contribution in [1.82, 2.24) is 9.13 Å². The molecule has 2 aromatic heterocycles. The molecule has 0 fully saturated rings. The third-order valence-corrected chi connectivity index (χ3v) is 5.97. The highest BCUT2D eigenvalue weighted by Gasteiger charge is 2.18. The standard InChI is InChI=1S/C23H21N3O3S/c1-3-16-9-7-8-15(2)20(16)24-19(27)14-25-18-12-13-30-21(18)22(28)26(23(25)29)17-10-5-4-6-11-17/h4-13H,3,14H2,1-2H3,(H,24,27). The molecule has 2 heterocycles. The van der Waals surface area contributed by atoms with Crippen LogP contribution in [-0.4, -0.2) is 15.0 Å². The van der Waals surface area contributed by atoms with Crippen molar-refractivity contribution in [1.29, 1.82) is 0 Å². The molecule has 1 amide bonds. The van der Waals surface area contributed by atoms with Crippen LogP contribution >= 0.6 is 11.3 Å². The van der Waals surface area contributed by atoms with E-state index in [1.54, 1.807) is 35.7 Å². The molecule has 0 spiro atoms. The summed E-state index contributed by atoms with van der Waals surface area (Å²) >= 11 is 1.26. The Morgan fingerprint density at radius 1 is 1.03 bits per heavy atom. The fraction of sp³-hybridized carbons (Fsp3) is 0.174. The third kappa shape index (κ3) is 3.48. The SMILES string of the molecule is CCc1cccc(C)c1NC(=O)Cn1c(=O)n(-c2ccccc2)c(=O)c2sccc21. The number of amides is 1. The van der Waals surface area contributed by atoms with Crippen LogP contribution in [0.25, 0.3) is 15.9 Å². The van der Waals surface area contributed by atoms with Crippen LogP contribution in [-0.2, 0) is 17.8 Å². The maximum Gasteiger partial charge on any atom is 0.336 e. The van der Waals surface area contributed by atoms with Crippen molar-refractivity contribution in [3.05, 3.63) is 91.9 Å². The van der Waals surface area contributed by atoms with E-state index in [9.17, 15) is 14.4 Å². The average molecular weight is 420 g/mol. The minimum Gasteiger partial charge on any atom is -0.324 e. The van der Waals surface area contributed by atoms with Gasteiger partial charge in [-0.05, 0) is 48.1 Å². The summed E-state index contributed by atoms with van der Waals surface area (Å²) in [6.45, 7) is 3.78. The summed E-state index contributed by atoms with van der Waals surface area (Å²) in [6.07, 6.45) is 0.783. The number of hydrogen-bond donors (Lipinski definition) is 1. The van der Waals surface area contributed by atoms with E-state index in [0.29, 0.717) is 15.9 Å². The molecular weight excluding hydrogens is 398 g/mol. The van der Waals surface area contributed by atoms with Gasteiger partial charge in [-0.2, -0.15) is 0 Å². The molecule has 0 unspecified atom stereocenters. The number of carbonyl (C=O) groups is 1. The first kappa shape index (κ1) is 19.8. The Labute approximate surface area is 177 Å². The van der Waals surface area contributed by atoms with Crippen LogP contribution in [0.5, 0.6) is 0 Å². The highest BCUT2D eigenvalue weighted by molar-refractivity contribution is 7.17. The molecule has 0 bridgehead atoms. The maximum absolute atomic E-state index is 13.2. The van der Waals surface area contributed by atoms with Gasteiger partial charge >= 0.3 is 5.69 Å². The third-order valence-electron chi connectivity index (χ3n) is 5.08. The van der Waals surface area contributed by atoms with Crippen LogP contribution in [0.15, 0.2) is 69.6 Å². The van der Waals surface area contributed by atoms with Gasteiger partial charge < -0.3 is 5.32 Å². The van der Waals surface area contributed by atoms with Crippen molar-refractivity contribution >= 4 is 33.1 Å². The normalized spacial score (nSPS) is 11.0. The number of carbonyl (C=O) groups excluding carboxylic acids is 1. The van der Waals surface area contributed by atoms with Gasteiger partial charge in [0.15, 0.2) is 0 Å². The minimum absolute atomic E-state index is 0.184. The lowest BCUT2D eigenvalue weighted by molar-refractivity contribution is -0.116. The zero-order valence-corrected chi connectivity index (χ0v) is 17.5. The van der Waals surface area contributed by atoms with Gasteiger partial charge in [-0.3, -0.25) is 14.2 Å². The highest BCUT2D eigenvalue weighted by Crippen LogP contribution is 2.21. The van der Waals surface area contributed by atoms with Gasteiger partial charge in [0.05, 0.1) is 11.2 Å². The Kier molecular flexibility index (Phi) is 5.37. The van der Waals surface area contributed by atoms with Gasteiger partial charge in [-0.25, -0.2) is 9.36 Å². The molecule has 4 aromatic rings. The summed E-state index contributed by atoms with van der Waals surface area (Å²) in [5.41, 5.74) is 2.81. The number of benzene rings is 2. The summed E-state index contributed by atoms with van der Waals surface area (Å²) in [6, 6.07) is 16.3. The molecular formula is C23H21N3O3S. The molecule has 0 aliphatic heterocycles. The molecule has 0 saturated heterocycles. The van der Waals surface area contributed by atoms with Crippen molar-refractivity contribution in [2.75, 3.05) is 5.32 Å². The largest absolute Gasteiger partial charge is 0.336 e. The number of fused-ring (bicyclic) bond motifs is 1. The topological polar surface area (TPSA) is 73.1 Å². The Hall–Kier alpha value is -3.45. The second-order valence-electron chi connectivity index (χ2n) is 6.99. The average Bonchev–Trinajstić information content (AvgIpc) is 3.24. The van der Waals surface area contributed by atoms with Crippen LogP contribution < -0.4 is 16.6 Å². The first-order valence-electron chi connectivity index (χ1n) is 9.68. The van der Waals surface area contributed by atoms with Crippen LogP contribution in [0, 0.1) is 6.92 Å². The van der Waals surface area contributed by atoms with Gasteiger partial charge in [-0.15, -0.1) is 11.3 Å². The first-order chi connectivity index (χ1) is 14.5. The van der Waals surface area contributed by atoms with Gasteiger partial charge in [0, 0.05) is 5.69 Å². The molecule has 0 aliphatic carbocycles. The number of para-hydroxylation sites is 2. The summed E-state index contributed by atoms with van der Waals surface area (Å²) in [4.78, 5) is 39.1. The van der Waals surface area contributed by atoms with Crippen molar-refractivity contribution in [2.24, 2.45) is 0 Å². The Bertz CT molecular complexity index is 1350. The van der Waals surface area contributed by atoms with Crippen LogP contribution in [0.3, 0.4) is 0 Å². The lowest BCUT2D eigenvalue weighted by Crippen LogP contribution is -2.40. The Balaban J connectivity index is 1.79. The number of aromatic nitrogens is 2. The quantitative estimate of drug-likeness (QED) is 0.536. The molecule has 30 heavy (non-hydrogen) atoms. The van der Waals surface area contributed by atoms with E-state index in [0.717, 1.165) is 27.8 Å². The molecule has 6 nitrogen and oxygen atoms in total. The molecule has 7 heteroatoms. The summed E-state index contributed by atoms with van der Waals surface area (Å²) in [7, 11) is 0. The monoisotopic (exact) mass is 419 g/mol. The molecule has 2 aromatic carbocycles. The smallest absolute Gasteiger partial charge is 0.324 e. The molecule has 4 rings (SSSR count). The van der Waals surface area contributed by atoms with Crippen LogP contribution in [0.4, 0.5) is 5.69 Å². The summed E-state index contributed by atoms with van der Waals surface area (Å²) in [5.74, 6) is -0.313. The second-order valence-corrected chi connectivity index (χ2v) is 7.91. The number of anilines is 1. The Morgan fingerprint density at radius 3 is 2.53 bits per heavy atom. The Morgan fingerprint density at radius 2 is 1.80 bits per heavy atom. The van der Waals surface area contributed by atoms with Crippen molar-refractivity contribution in [3.63, 3.8) is 0 Å². The van der Waals surface area contributed by atoms with Gasteiger partial charge in [0.25, 0.3) is 5.56 Å². The van der Waals surface area contributed by atoms with E-state index in [-0.39, 0.29) is 18.0 Å². The van der Waals surface area contributed by atoms with E-state index < -0.39 is 5.69 Å². The minimum atomic E-state index is -0.534. The number of thiophene rings is 1. The lowest BCUT2D eigenvalue weighted by atomic mass is 10.1. The predicted molar refractivity (Wildman–Crippen MR) is 121 cm³/mol. The second kappa shape index (κ2) is 8.12. The summed E-state index contributed by atoms with van der Waals surface area (Å²) < 4.78 is 2.92. The van der Waals surface area contributed by atoms with Crippen LogP contribution in [0.2, 0.25) is 0 Å². The molecule has 152 valence electrons. The number of hydrogen-bond acceptors (Lipinski definition) is 4. The zero-order chi connectivity index (χ0) is 21.3. The number of rotatable bonds is 5. The molecule has 0 atom stereocenters. The molecule has 0 aliphatic rings. The lowest BCUT2D eigenvalue weighted by Gasteiger charge is -2.15. The van der Waals surface area contributed by atoms with E-state index in [4.69, 9.17) is 0 Å². The van der Waals surface area contributed by atoms with Gasteiger partial charge in [0.2, 0.25) is 5.91 Å². The van der Waals surface area contributed by atoms with Crippen molar-refractivity contribution in [2.45, 2.75) is 26.8 Å². The van der Waals surface area contributed by atoms with E-state index in [1.165, 1.54) is 15.9 Å². The molecule has 0 radical (unpaired) electrons. The van der Waals surface area contributed by atoms with Crippen molar-refractivity contribution < 1.29 is 4.79 Å². The van der Waals surface area contributed by atoms with Crippen LogP contribution in [0.1, 0.15) is 18.1 Å². The maximum atomic E-state index is 13.2. The zero-order valence-electron chi connectivity index (χ0n) is 16.7. The predicted octanol–water partition coefficient (Wildman–Crippen LogP) is 3.72. The number of aryl methyl sites for hydroxylation is 2. The fourth-order valence-corrected chi connectivity index (χ4v) is 4.39. The van der Waals surface area contributed by atoms with E-state index in [1.807, 2.05) is 38.1 Å². The molecule has 1 N–H and O–H groups in total. The van der Waals surface area contributed by atoms with Gasteiger partial charge in [0.1, 0.15) is 11.2 Å². The molecule has 0 saturated carbocycles. The number of nitrogens with zero attached hydrogens (tertiary/aromatic N) is 2. The summed E-state index contributed by atoms with van der Waals surface area (Å²) in [5, 5.41) is 4.71. The highest BCUT2D eigenvalue weighted by atomic mass is 32.1. The van der Waals surface area contributed by atoms with E-state index >= 15 is 0 Å².